The Morgan fingerprint density at radius 2 is 0.935 bits per heavy atom. The topological polar surface area (TPSA) is 18.5 Å². The Morgan fingerprint density at radius 1 is 0.581 bits per heavy atom. The fraction of sp³-hybridized carbons (Fsp3) is 0.143. The van der Waals surface area contributed by atoms with Crippen LogP contribution < -0.4 is 25.4 Å². The highest BCUT2D eigenvalue weighted by molar-refractivity contribution is 7.95. The standard InChI is InChI=1S/C28H28O2P/c1-22-27(29-2)19-23(20-28(22)30-3)21-31(24-13-7-4-8-14-24,25-15-9-5-10-16-25)26-17-11-6-12-18-26/h4-20H,21H2,1-3H3/q+1. The van der Waals surface area contributed by atoms with E-state index in [-0.39, 0.29) is 0 Å². The van der Waals surface area contributed by atoms with Crippen LogP contribution in [0.15, 0.2) is 103 Å². The van der Waals surface area contributed by atoms with E-state index < -0.39 is 7.26 Å². The minimum atomic E-state index is -1.96. The lowest BCUT2D eigenvalue weighted by molar-refractivity contribution is 0.388. The largest absolute Gasteiger partial charge is 0.496 e. The van der Waals surface area contributed by atoms with Crippen molar-refractivity contribution in [3.63, 3.8) is 0 Å². The van der Waals surface area contributed by atoms with Gasteiger partial charge in [0.05, 0.1) is 20.4 Å². The molecule has 0 saturated heterocycles. The van der Waals surface area contributed by atoms with E-state index in [9.17, 15) is 0 Å². The molecule has 0 aliphatic rings. The fourth-order valence-corrected chi connectivity index (χ4v) is 8.49. The van der Waals surface area contributed by atoms with Gasteiger partial charge in [0, 0.05) is 5.56 Å². The Morgan fingerprint density at radius 3 is 1.26 bits per heavy atom. The van der Waals surface area contributed by atoms with Crippen LogP contribution in [0.5, 0.6) is 11.5 Å². The molecule has 0 unspecified atom stereocenters. The second-order valence-corrected chi connectivity index (χ2v) is 11.1. The number of rotatable bonds is 7. The molecule has 4 aromatic rings. The molecule has 156 valence electrons. The van der Waals surface area contributed by atoms with Crippen molar-refractivity contribution < 1.29 is 9.47 Å². The third kappa shape index (κ3) is 4.09. The average molecular weight is 428 g/mol. The minimum absolute atomic E-state index is 0.863. The van der Waals surface area contributed by atoms with Crippen molar-refractivity contribution in [2.75, 3.05) is 14.2 Å². The van der Waals surface area contributed by atoms with E-state index >= 15 is 0 Å². The molecule has 0 heterocycles. The summed E-state index contributed by atoms with van der Waals surface area (Å²) in [6.45, 7) is 2.04. The first-order valence-corrected chi connectivity index (χ1v) is 12.4. The second-order valence-electron chi connectivity index (χ2n) is 7.60. The third-order valence-corrected chi connectivity index (χ3v) is 10.2. The van der Waals surface area contributed by atoms with Gasteiger partial charge in [-0.1, -0.05) is 54.6 Å². The molecular formula is C28H28O2P+. The summed E-state index contributed by atoms with van der Waals surface area (Å²) in [5.74, 6) is 1.73. The average Bonchev–Trinajstić information content (AvgIpc) is 2.85. The molecule has 0 saturated carbocycles. The van der Waals surface area contributed by atoms with Gasteiger partial charge in [0.1, 0.15) is 34.7 Å². The molecule has 0 aromatic heterocycles. The van der Waals surface area contributed by atoms with Crippen molar-refractivity contribution in [1.29, 1.82) is 0 Å². The molecule has 0 N–H and O–H groups in total. The molecule has 0 bridgehead atoms. The van der Waals surface area contributed by atoms with Crippen molar-refractivity contribution in [2.45, 2.75) is 13.1 Å². The molecule has 31 heavy (non-hydrogen) atoms. The Kier molecular flexibility index (Phi) is 6.39. The molecule has 4 aromatic carbocycles. The molecule has 4 rings (SSSR count). The first kappa shape index (κ1) is 21.2. The maximum atomic E-state index is 5.69. The molecule has 0 spiro atoms. The summed E-state index contributed by atoms with van der Waals surface area (Å²) in [7, 11) is 1.48. The van der Waals surface area contributed by atoms with Gasteiger partial charge >= 0.3 is 0 Å². The zero-order chi connectivity index (χ0) is 21.7. The summed E-state index contributed by atoms with van der Waals surface area (Å²) in [5, 5.41) is 4.10. The normalized spacial score (nSPS) is 11.2. The van der Waals surface area contributed by atoms with E-state index in [1.54, 1.807) is 14.2 Å². The van der Waals surface area contributed by atoms with Gasteiger partial charge < -0.3 is 9.47 Å². The van der Waals surface area contributed by atoms with Crippen molar-refractivity contribution in [1.82, 2.24) is 0 Å². The molecule has 3 heteroatoms. The molecule has 0 aliphatic heterocycles. The van der Waals surface area contributed by atoms with Gasteiger partial charge in [-0.3, -0.25) is 0 Å². The van der Waals surface area contributed by atoms with E-state index in [4.69, 9.17) is 9.47 Å². The van der Waals surface area contributed by atoms with Gasteiger partial charge in [-0.2, -0.15) is 0 Å². The zero-order valence-electron chi connectivity index (χ0n) is 18.3. The highest BCUT2D eigenvalue weighted by Crippen LogP contribution is 2.58. The Bertz CT molecular complexity index is 1000. The monoisotopic (exact) mass is 427 g/mol. The Balaban J connectivity index is 2.00. The predicted molar refractivity (Wildman–Crippen MR) is 133 cm³/mol. The summed E-state index contributed by atoms with van der Waals surface area (Å²) in [6, 6.07) is 37.1. The Labute approximate surface area is 185 Å². The highest BCUT2D eigenvalue weighted by Gasteiger charge is 2.45. The fourth-order valence-electron chi connectivity index (χ4n) is 4.27. The van der Waals surface area contributed by atoms with Crippen LogP contribution in [0.1, 0.15) is 11.1 Å². The van der Waals surface area contributed by atoms with Gasteiger partial charge in [0.15, 0.2) is 0 Å². The molecule has 0 fully saturated rings. The van der Waals surface area contributed by atoms with Gasteiger partial charge in [0.2, 0.25) is 0 Å². The van der Waals surface area contributed by atoms with Crippen LogP contribution in [0.3, 0.4) is 0 Å². The first-order valence-electron chi connectivity index (χ1n) is 10.5. The van der Waals surface area contributed by atoms with E-state index in [1.165, 1.54) is 21.5 Å². The summed E-state index contributed by atoms with van der Waals surface area (Å²) >= 11 is 0. The summed E-state index contributed by atoms with van der Waals surface area (Å²) < 4.78 is 11.4. The quantitative estimate of drug-likeness (QED) is 0.362. The van der Waals surface area contributed by atoms with Gasteiger partial charge in [-0.05, 0) is 61.0 Å². The van der Waals surface area contributed by atoms with E-state index in [2.05, 4.69) is 103 Å². The number of hydrogen-bond donors (Lipinski definition) is 0. The van der Waals surface area contributed by atoms with E-state index in [0.29, 0.717) is 0 Å². The van der Waals surface area contributed by atoms with Crippen LogP contribution in [0.25, 0.3) is 0 Å². The maximum absolute atomic E-state index is 5.69. The van der Waals surface area contributed by atoms with Crippen molar-refractivity contribution >= 4 is 23.2 Å². The van der Waals surface area contributed by atoms with Crippen molar-refractivity contribution in [3.05, 3.63) is 114 Å². The molecule has 2 nitrogen and oxygen atoms in total. The lowest BCUT2D eigenvalue weighted by Gasteiger charge is -2.28. The zero-order valence-corrected chi connectivity index (χ0v) is 19.2. The number of methoxy groups -OCH3 is 2. The van der Waals surface area contributed by atoms with Crippen LogP contribution >= 0.6 is 7.26 Å². The molecule has 0 amide bonds. The van der Waals surface area contributed by atoms with Crippen LogP contribution in [-0.4, -0.2) is 14.2 Å². The van der Waals surface area contributed by atoms with Crippen LogP contribution in [0.4, 0.5) is 0 Å². The van der Waals surface area contributed by atoms with E-state index in [0.717, 1.165) is 23.2 Å². The number of benzene rings is 4. The molecule has 0 aliphatic carbocycles. The van der Waals surface area contributed by atoms with Gasteiger partial charge in [0.25, 0.3) is 0 Å². The smallest absolute Gasteiger partial charge is 0.125 e. The van der Waals surface area contributed by atoms with Crippen LogP contribution in [0, 0.1) is 6.92 Å². The molecule has 0 radical (unpaired) electrons. The predicted octanol–water partition coefficient (Wildman–Crippen LogP) is 5.51. The lowest BCUT2D eigenvalue weighted by Crippen LogP contribution is -2.32. The van der Waals surface area contributed by atoms with Crippen LogP contribution in [-0.2, 0) is 6.16 Å². The summed E-state index contributed by atoms with van der Waals surface area (Å²) in [6.07, 6.45) is 0.887. The lowest BCUT2D eigenvalue weighted by atomic mass is 10.1. The maximum Gasteiger partial charge on any atom is 0.125 e. The second kappa shape index (κ2) is 9.37. The van der Waals surface area contributed by atoms with Crippen molar-refractivity contribution in [2.24, 2.45) is 0 Å². The van der Waals surface area contributed by atoms with E-state index in [1.807, 2.05) is 6.92 Å². The van der Waals surface area contributed by atoms with Crippen molar-refractivity contribution in [3.8, 4) is 11.5 Å². The summed E-state index contributed by atoms with van der Waals surface area (Å²) in [4.78, 5) is 0. The summed E-state index contributed by atoms with van der Waals surface area (Å²) in [5.41, 5.74) is 2.24. The van der Waals surface area contributed by atoms with Gasteiger partial charge in [-0.15, -0.1) is 0 Å². The van der Waals surface area contributed by atoms with Crippen LogP contribution in [0.2, 0.25) is 0 Å². The number of ether oxygens (including phenoxy) is 2. The Hall–Kier alpha value is -3.09. The van der Waals surface area contributed by atoms with Gasteiger partial charge in [-0.25, -0.2) is 0 Å². The molecule has 0 atom stereocenters. The first-order chi connectivity index (χ1) is 15.2. The third-order valence-electron chi connectivity index (χ3n) is 5.82. The minimum Gasteiger partial charge on any atom is -0.496 e. The highest BCUT2D eigenvalue weighted by atomic mass is 31.2. The SMILES string of the molecule is COc1cc(C[P+](c2ccccc2)(c2ccccc2)c2ccccc2)cc(OC)c1C. The molecular weight excluding hydrogens is 399 g/mol. The number of hydrogen-bond acceptors (Lipinski definition) is 2.